The highest BCUT2D eigenvalue weighted by molar-refractivity contribution is 5.97. The molecule has 0 saturated carbocycles. The van der Waals surface area contributed by atoms with Crippen molar-refractivity contribution in [3.63, 3.8) is 0 Å². The normalized spacial score (nSPS) is 10.3. The van der Waals surface area contributed by atoms with E-state index in [0.717, 1.165) is 24.2 Å². The quantitative estimate of drug-likeness (QED) is 0.560. The topological polar surface area (TPSA) is 55.4 Å². The van der Waals surface area contributed by atoms with Gasteiger partial charge in [-0.05, 0) is 37.5 Å². The highest BCUT2D eigenvalue weighted by atomic mass is 16.5. The summed E-state index contributed by atoms with van der Waals surface area (Å²) in [7, 11) is 1.65. The molecule has 0 radical (unpaired) electrons. The fourth-order valence-electron chi connectivity index (χ4n) is 2.51. The lowest BCUT2D eigenvalue weighted by molar-refractivity contribution is -0.121. The average Bonchev–Trinajstić information content (AvgIpc) is 2.64. The van der Waals surface area contributed by atoms with E-state index in [0.29, 0.717) is 12.1 Å². The molecule has 0 spiro atoms. The molecule has 1 amide bonds. The molecule has 0 saturated heterocycles. The van der Waals surface area contributed by atoms with Gasteiger partial charge in [0.05, 0.1) is 7.11 Å². The molecule has 0 fully saturated rings. The van der Waals surface area contributed by atoms with Crippen LogP contribution in [-0.4, -0.2) is 25.3 Å². The maximum absolute atomic E-state index is 12.0. The molecule has 0 bridgehead atoms. The van der Waals surface area contributed by atoms with Crippen molar-refractivity contribution in [2.24, 2.45) is 0 Å². The Labute approximate surface area is 149 Å². The van der Waals surface area contributed by atoms with Crippen LogP contribution in [0.5, 0.6) is 5.75 Å². The molecule has 0 aromatic heterocycles. The van der Waals surface area contributed by atoms with Gasteiger partial charge in [0.15, 0.2) is 5.78 Å². The number of carbonyl (C=O) groups is 2. The molecule has 0 unspecified atom stereocenters. The second-order valence-electron chi connectivity index (χ2n) is 6.09. The van der Waals surface area contributed by atoms with Gasteiger partial charge in [-0.3, -0.25) is 9.59 Å². The van der Waals surface area contributed by atoms with E-state index in [2.05, 4.69) is 5.32 Å². The van der Waals surface area contributed by atoms with Crippen LogP contribution in [-0.2, 0) is 11.2 Å². The first-order chi connectivity index (χ1) is 12.1. The zero-order valence-corrected chi connectivity index (χ0v) is 14.9. The SMILES string of the molecule is COc1ccc(CCCNC(=O)CCC(=O)c2ccc(C)cc2)cc1. The fraction of sp³-hybridized carbons (Fsp3) is 0.333. The van der Waals surface area contributed by atoms with Crippen LogP contribution in [0, 0.1) is 6.92 Å². The van der Waals surface area contributed by atoms with Gasteiger partial charge in [-0.15, -0.1) is 0 Å². The van der Waals surface area contributed by atoms with Crippen molar-refractivity contribution < 1.29 is 14.3 Å². The van der Waals surface area contributed by atoms with E-state index in [1.807, 2.05) is 55.5 Å². The number of benzene rings is 2. The van der Waals surface area contributed by atoms with Crippen molar-refractivity contribution in [3.8, 4) is 5.75 Å². The highest BCUT2D eigenvalue weighted by Gasteiger charge is 2.08. The number of carbonyl (C=O) groups excluding carboxylic acids is 2. The smallest absolute Gasteiger partial charge is 0.220 e. The summed E-state index contributed by atoms with van der Waals surface area (Å²) in [6.45, 7) is 2.59. The van der Waals surface area contributed by atoms with Crippen LogP contribution in [0.2, 0.25) is 0 Å². The molecular weight excluding hydrogens is 314 g/mol. The van der Waals surface area contributed by atoms with Crippen molar-refractivity contribution >= 4 is 11.7 Å². The van der Waals surface area contributed by atoms with Gasteiger partial charge in [0.2, 0.25) is 5.91 Å². The van der Waals surface area contributed by atoms with Gasteiger partial charge in [-0.1, -0.05) is 42.0 Å². The van der Waals surface area contributed by atoms with Crippen molar-refractivity contribution in [3.05, 3.63) is 65.2 Å². The Bertz CT molecular complexity index is 690. The monoisotopic (exact) mass is 339 g/mol. The van der Waals surface area contributed by atoms with Crippen LogP contribution in [0.1, 0.15) is 40.7 Å². The maximum Gasteiger partial charge on any atom is 0.220 e. The highest BCUT2D eigenvalue weighted by Crippen LogP contribution is 2.12. The Balaban J connectivity index is 1.63. The van der Waals surface area contributed by atoms with Gasteiger partial charge in [0, 0.05) is 24.9 Å². The number of hydrogen-bond acceptors (Lipinski definition) is 3. The van der Waals surface area contributed by atoms with Gasteiger partial charge < -0.3 is 10.1 Å². The predicted octanol–water partition coefficient (Wildman–Crippen LogP) is 3.72. The van der Waals surface area contributed by atoms with E-state index in [4.69, 9.17) is 4.74 Å². The molecule has 0 aliphatic carbocycles. The summed E-state index contributed by atoms with van der Waals surface area (Å²) in [5.41, 5.74) is 2.99. The van der Waals surface area contributed by atoms with Gasteiger partial charge in [0.1, 0.15) is 5.75 Å². The van der Waals surface area contributed by atoms with E-state index in [1.165, 1.54) is 5.56 Å². The average molecular weight is 339 g/mol. The second-order valence-corrected chi connectivity index (χ2v) is 6.09. The first kappa shape index (κ1) is 18.7. The summed E-state index contributed by atoms with van der Waals surface area (Å²) < 4.78 is 5.13. The molecule has 2 rings (SSSR count). The molecule has 0 aliphatic rings. The molecule has 2 aromatic rings. The number of hydrogen-bond donors (Lipinski definition) is 1. The largest absolute Gasteiger partial charge is 0.497 e. The third-order valence-corrected chi connectivity index (χ3v) is 4.08. The second kappa shape index (κ2) is 9.62. The summed E-state index contributed by atoms with van der Waals surface area (Å²) in [5, 5.41) is 2.88. The molecular formula is C21H25NO3. The third kappa shape index (κ3) is 6.42. The minimum atomic E-state index is -0.0739. The van der Waals surface area contributed by atoms with Crippen molar-refractivity contribution in [1.29, 1.82) is 0 Å². The molecule has 132 valence electrons. The molecule has 1 N–H and O–H groups in total. The molecule has 0 atom stereocenters. The van der Waals surface area contributed by atoms with E-state index in [-0.39, 0.29) is 24.5 Å². The molecule has 2 aromatic carbocycles. The summed E-state index contributed by atoms with van der Waals surface area (Å²) in [6, 6.07) is 15.4. The summed E-state index contributed by atoms with van der Waals surface area (Å²) in [6.07, 6.45) is 2.24. The van der Waals surface area contributed by atoms with Crippen LogP contribution >= 0.6 is 0 Å². The number of ether oxygens (including phenoxy) is 1. The van der Waals surface area contributed by atoms with Crippen molar-refractivity contribution in [2.75, 3.05) is 13.7 Å². The van der Waals surface area contributed by atoms with Gasteiger partial charge in [-0.25, -0.2) is 0 Å². The Morgan fingerprint density at radius 3 is 2.28 bits per heavy atom. The van der Waals surface area contributed by atoms with Gasteiger partial charge in [-0.2, -0.15) is 0 Å². The zero-order chi connectivity index (χ0) is 18.1. The Morgan fingerprint density at radius 1 is 0.960 bits per heavy atom. The lowest BCUT2D eigenvalue weighted by Gasteiger charge is -2.06. The summed E-state index contributed by atoms with van der Waals surface area (Å²) >= 11 is 0. The van der Waals surface area contributed by atoms with Crippen molar-refractivity contribution in [1.82, 2.24) is 5.32 Å². The van der Waals surface area contributed by atoms with Crippen LogP contribution in [0.3, 0.4) is 0 Å². The van der Waals surface area contributed by atoms with Crippen LogP contribution < -0.4 is 10.1 Å². The standard InChI is InChI=1S/C21H25NO3/c1-16-5-9-18(10-6-16)20(23)13-14-21(24)22-15-3-4-17-7-11-19(25-2)12-8-17/h5-12H,3-4,13-15H2,1-2H3,(H,22,24). The Morgan fingerprint density at radius 2 is 1.64 bits per heavy atom. The number of Topliss-reactive ketones (excluding diaryl/α,β-unsaturated/α-hetero) is 1. The van der Waals surface area contributed by atoms with Crippen LogP contribution in [0.15, 0.2) is 48.5 Å². The molecule has 0 aliphatic heterocycles. The minimum Gasteiger partial charge on any atom is -0.497 e. The van der Waals surface area contributed by atoms with E-state index < -0.39 is 0 Å². The number of aryl methyl sites for hydroxylation is 2. The Hall–Kier alpha value is -2.62. The minimum absolute atomic E-state index is 0.00776. The molecule has 4 nitrogen and oxygen atoms in total. The van der Waals surface area contributed by atoms with E-state index in [9.17, 15) is 9.59 Å². The van der Waals surface area contributed by atoms with Gasteiger partial charge in [0.25, 0.3) is 0 Å². The van der Waals surface area contributed by atoms with E-state index in [1.54, 1.807) is 7.11 Å². The van der Waals surface area contributed by atoms with Crippen LogP contribution in [0.4, 0.5) is 0 Å². The van der Waals surface area contributed by atoms with Crippen LogP contribution in [0.25, 0.3) is 0 Å². The third-order valence-electron chi connectivity index (χ3n) is 4.08. The lowest BCUT2D eigenvalue weighted by Crippen LogP contribution is -2.25. The number of methoxy groups -OCH3 is 1. The van der Waals surface area contributed by atoms with E-state index >= 15 is 0 Å². The number of rotatable bonds is 9. The number of amides is 1. The molecule has 4 heteroatoms. The Kier molecular flexibility index (Phi) is 7.20. The van der Waals surface area contributed by atoms with Crippen molar-refractivity contribution in [2.45, 2.75) is 32.6 Å². The molecule has 25 heavy (non-hydrogen) atoms. The summed E-state index contributed by atoms with van der Waals surface area (Å²) in [4.78, 5) is 23.9. The predicted molar refractivity (Wildman–Crippen MR) is 99.1 cm³/mol. The molecule has 0 heterocycles. The first-order valence-electron chi connectivity index (χ1n) is 8.58. The summed E-state index contributed by atoms with van der Waals surface area (Å²) in [5.74, 6) is 0.777. The zero-order valence-electron chi connectivity index (χ0n) is 14.9. The maximum atomic E-state index is 12.0. The number of nitrogens with one attached hydrogen (secondary N) is 1. The van der Waals surface area contributed by atoms with Gasteiger partial charge >= 0.3 is 0 Å². The lowest BCUT2D eigenvalue weighted by atomic mass is 10.0. The fourth-order valence-corrected chi connectivity index (χ4v) is 2.51. The number of ketones is 1. The first-order valence-corrected chi connectivity index (χ1v) is 8.58.